The third kappa shape index (κ3) is 3.54. The van der Waals surface area contributed by atoms with E-state index in [1.165, 1.54) is 76.5 Å². The number of fused-ring (bicyclic) bond motifs is 5. The smallest absolute Gasteiger partial charge is 0.00262 e. The van der Waals surface area contributed by atoms with E-state index in [0.717, 1.165) is 0 Å². The lowest BCUT2D eigenvalue weighted by atomic mass is 9.84. The minimum atomic E-state index is 1.24. The van der Waals surface area contributed by atoms with E-state index in [2.05, 4.69) is 158 Å². The van der Waals surface area contributed by atoms with Crippen LogP contribution >= 0.6 is 0 Å². The van der Waals surface area contributed by atoms with Crippen molar-refractivity contribution in [3.8, 4) is 33.4 Å². The first kappa shape index (κ1) is 22.8. The summed E-state index contributed by atoms with van der Waals surface area (Å²) in [5, 5.41) is 10.3. The highest BCUT2D eigenvalue weighted by Crippen LogP contribution is 2.45. The second-order valence-electron chi connectivity index (χ2n) is 10.5. The summed E-state index contributed by atoms with van der Waals surface area (Å²) in [4.78, 5) is 0. The summed E-state index contributed by atoms with van der Waals surface area (Å²) in [6.45, 7) is 0. The number of hydrogen-bond acceptors (Lipinski definition) is 0. The Morgan fingerprint density at radius 2 is 0.725 bits per heavy atom. The molecule has 0 amide bonds. The first-order valence-corrected chi connectivity index (χ1v) is 13.9. The lowest BCUT2D eigenvalue weighted by molar-refractivity contribution is 1.64. The molecule has 0 aromatic heterocycles. The van der Waals surface area contributed by atoms with E-state index in [9.17, 15) is 0 Å². The van der Waals surface area contributed by atoms with Crippen LogP contribution in [0.5, 0.6) is 0 Å². The quantitative estimate of drug-likeness (QED) is 0.165. The fourth-order valence-electron chi connectivity index (χ4n) is 6.47. The highest BCUT2D eigenvalue weighted by Gasteiger charge is 2.18. The van der Waals surface area contributed by atoms with Crippen LogP contribution in [0.15, 0.2) is 158 Å². The molecule has 8 aromatic carbocycles. The van der Waals surface area contributed by atoms with Gasteiger partial charge in [0.1, 0.15) is 0 Å². The molecule has 40 heavy (non-hydrogen) atoms. The molecule has 0 spiro atoms. The highest BCUT2D eigenvalue weighted by molar-refractivity contribution is 6.22. The van der Waals surface area contributed by atoms with Crippen molar-refractivity contribution in [2.24, 2.45) is 0 Å². The van der Waals surface area contributed by atoms with Crippen LogP contribution in [0, 0.1) is 0 Å². The molecule has 0 aliphatic carbocycles. The molecule has 8 aromatic rings. The van der Waals surface area contributed by atoms with Gasteiger partial charge in [0.25, 0.3) is 0 Å². The molecule has 0 N–H and O–H groups in total. The molecule has 0 saturated heterocycles. The number of hydrogen-bond donors (Lipinski definition) is 0. The van der Waals surface area contributed by atoms with Gasteiger partial charge >= 0.3 is 0 Å². The van der Waals surface area contributed by atoms with Crippen molar-refractivity contribution in [2.75, 3.05) is 0 Å². The topological polar surface area (TPSA) is 0 Å². The van der Waals surface area contributed by atoms with Crippen LogP contribution in [0.3, 0.4) is 0 Å². The lowest BCUT2D eigenvalue weighted by Crippen LogP contribution is -1.92. The number of rotatable bonds is 3. The summed E-state index contributed by atoms with van der Waals surface area (Å²) < 4.78 is 0. The second kappa shape index (κ2) is 9.22. The SMILES string of the molecule is c1ccc(-c2c3ccccc3c(-c3ccccc3)c3cc(-c4cc5ccccc5c5ccccc45)ccc23)cc1. The van der Waals surface area contributed by atoms with Gasteiger partial charge in [-0.25, -0.2) is 0 Å². The van der Waals surface area contributed by atoms with Crippen LogP contribution in [0.4, 0.5) is 0 Å². The molecule has 0 radical (unpaired) electrons. The summed E-state index contributed by atoms with van der Waals surface area (Å²) >= 11 is 0. The minimum Gasteiger partial charge on any atom is -0.0622 e. The normalized spacial score (nSPS) is 11.5. The Hall–Kier alpha value is -5.20. The Morgan fingerprint density at radius 3 is 1.38 bits per heavy atom. The average molecular weight is 507 g/mol. The van der Waals surface area contributed by atoms with Gasteiger partial charge in [-0.05, 0) is 88.6 Å². The van der Waals surface area contributed by atoms with E-state index in [-0.39, 0.29) is 0 Å². The van der Waals surface area contributed by atoms with Gasteiger partial charge in [0, 0.05) is 0 Å². The summed E-state index contributed by atoms with van der Waals surface area (Å²) in [5.41, 5.74) is 7.57. The monoisotopic (exact) mass is 506 g/mol. The third-order valence-electron chi connectivity index (χ3n) is 8.23. The Bertz CT molecular complexity index is 2190. The van der Waals surface area contributed by atoms with Crippen molar-refractivity contribution in [1.82, 2.24) is 0 Å². The molecule has 0 heterocycles. The van der Waals surface area contributed by atoms with Crippen LogP contribution in [-0.4, -0.2) is 0 Å². The maximum Gasteiger partial charge on any atom is -0.00262 e. The molecular formula is C40H26. The fraction of sp³-hybridized carbons (Fsp3) is 0. The molecule has 0 nitrogen and oxygen atoms in total. The summed E-state index contributed by atoms with van der Waals surface area (Å²) in [6, 6.07) is 57.5. The van der Waals surface area contributed by atoms with Gasteiger partial charge in [0.05, 0.1) is 0 Å². The van der Waals surface area contributed by atoms with Crippen LogP contribution in [0.2, 0.25) is 0 Å². The van der Waals surface area contributed by atoms with Crippen molar-refractivity contribution in [1.29, 1.82) is 0 Å². The van der Waals surface area contributed by atoms with Crippen LogP contribution < -0.4 is 0 Å². The molecule has 0 heteroatoms. The predicted octanol–water partition coefficient (Wildman–Crippen LogP) is 11.3. The summed E-state index contributed by atoms with van der Waals surface area (Å²) in [7, 11) is 0. The Labute approximate surface area is 233 Å². The molecule has 8 rings (SSSR count). The van der Waals surface area contributed by atoms with Crippen molar-refractivity contribution < 1.29 is 0 Å². The minimum absolute atomic E-state index is 1.24. The third-order valence-corrected chi connectivity index (χ3v) is 8.23. The molecule has 0 fully saturated rings. The van der Waals surface area contributed by atoms with Gasteiger partial charge in [-0.3, -0.25) is 0 Å². The summed E-state index contributed by atoms with van der Waals surface area (Å²) in [5.74, 6) is 0. The maximum atomic E-state index is 2.42. The van der Waals surface area contributed by atoms with E-state index in [4.69, 9.17) is 0 Å². The Kier molecular flexibility index (Phi) is 5.24. The van der Waals surface area contributed by atoms with E-state index >= 15 is 0 Å². The zero-order chi connectivity index (χ0) is 26.5. The van der Waals surface area contributed by atoms with E-state index < -0.39 is 0 Å². The fourth-order valence-corrected chi connectivity index (χ4v) is 6.47. The Balaban J connectivity index is 1.53. The lowest BCUT2D eigenvalue weighted by Gasteiger charge is -2.19. The molecule has 0 saturated carbocycles. The second-order valence-corrected chi connectivity index (χ2v) is 10.5. The standard InChI is InChI=1S/C40H26/c1-3-13-27(14-4-1)39-34-21-11-12-22-35(34)40(28-15-5-2-6-16-28)38-26-30(23-24-36(38)39)37-25-29-17-7-8-18-31(29)32-19-9-10-20-33(32)37/h1-26H. The zero-order valence-electron chi connectivity index (χ0n) is 22.0. The molecule has 0 atom stereocenters. The van der Waals surface area contributed by atoms with Crippen molar-refractivity contribution in [3.05, 3.63) is 158 Å². The zero-order valence-corrected chi connectivity index (χ0v) is 22.0. The number of benzene rings is 8. The molecular weight excluding hydrogens is 480 g/mol. The van der Waals surface area contributed by atoms with E-state index in [1.54, 1.807) is 0 Å². The van der Waals surface area contributed by atoms with Crippen LogP contribution in [0.1, 0.15) is 0 Å². The van der Waals surface area contributed by atoms with Crippen molar-refractivity contribution >= 4 is 43.1 Å². The average Bonchev–Trinajstić information content (AvgIpc) is 3.03. The molecule has 0 aliphatic rings. The predicted molar refractivity (Wildman–Crippen MR) is 173 cm³/mol. The molecule has 0 unspecified atom stereocenters. The van der Waals surface area contributed by atoms with E-state index in [1.807, 2.05) is 0 Å². The summed E-state index contributed by atoms with van der Waals surface area (Å²) in [6.07, 6.45) is 0. The van der Waals surface area contributed by atoms with Crippen LogP contribution in [-0.2, 0) is 0 Å². The van der Waals surface area contributed by atoms with Crippen molar-refractivity contribution in [3.63, 3.8) is 0 Å². The molecule has 186 valence electrons. The first-order chi connectivity index (χ1) is 19.9. The van der Waals surface area contributed by atoms with Gasteiger partial charge in [-0.2, -0.15) is 0 Å². The largest absolute Gasteiger partial charge is 0.0622 e. The first-order valence-electron chi connectivity index (χ1n) is 13.9. The van der Waals surface area contributed by atoms with E-state index in [0.29, 0.717) is 0 Å². The Morgan fingerprint density at radius 1 is 0.250 bits per heavy atom. The van der Waals surface area contributed by atoms with Gasteiger partial charge < -0.3 is 0 Å². The van der Waals surface area contributed by atoms with Crippen molar-refractivity contribution in [2.45, 2.75) is 0 Å². The van der Waals surface area contributed by atoms with Gasteiger partial charge in [-0.1, -0.05) is 146 Å². The van der Waals surface area contributed by atoms with Crippen LogP contribution in [0.25, 0.3) is 76.5 Å². The van der Waals surface area contributed by atoms with Gasteiger partial charge in [0.2, 0.25) is 0 Å². The molecule has 0 aliphatic heterocycles. The molecule has 0 bridgehead atoms. The van der Waals surface area contributed by atoms with Gasteiger partial charge in [0.15, 0.2) is 0 Å². The van der Waals surface area contributed by atoms with Gasteiger partial charge in [-0.15, -0.1) is 0 Å². The highest BCUT2D eigenvalue weighted by atomic mass is 14.2. The maximum absolute atomic E-state index is 2.42.